The van der Waals surface area contributed by atoms with Gasteiger partial charge in [0.1, 0.15) is 12.4 Å². The number of nitrogens with one attached hydrogen (secondary N) is 3. The average Bonchev–Trinajstić information content (AvgIpc) is 3.12. The number of carbonyl (C=O) groups excluding carboxylic acids is 1. The number of carbonyl (C=O) groups is 1. The molecule has 1 aromatic heterocycles. The Balaban J connectivity index is 1.65. The lowest BCUT2D eigenvalue weighted by atomic mass is 9.98. The number of ether oxygens (including phenoxy) is 2. The molecule has 0 radical (unpaired) electrons. The molecular weight excluding hydrogens is 346 g/mol. The minimum atomic E-state index is -0.178. The van der Waals surface area contributed by atoms with Crippen molar-refractivity contribution in [2.75, 3.05) is 32.2 Å². The normalized spacial score (nSPS) is 12.9. The number of aryl methyl sites for hydroxylation is 1. The summed E-state index contributed by atoms with van der Waals surface area (Å²) in [7, 11) is 1.56. The van der Waals surface area contributed by atoms with E-state index >= 15 is 0 Å². The summed E-state index contributed by atoms with van der Waals surface area (Å²) in [6.07, 6.45) is 5.53. The zero-order valence-electron chi connectivity index (χ0n) is 15.6. The van der Waals surface area contributed by atoms with Gasteiger partial charge >= 0.3 is 0 Å². The van der Waals surface area contributed by atoms with E-state index in [-0.39, 0.29) is 5.91 Å². The Bertz CT molecular complexity index is 796. The van der Waals surface area contributed by atoms with Crippen molar-refractivity contribution in [3.63, 3.8) is 0 Å². The predicted molar refractivity (Wildman–Crippen MR) is 104 cm³/mol. The highest BCUT2D eigenvalue weighted by molar-refractivity contribution is 6.07. The summed E-state index contributed by atoms with van der Waals surface area (Å²) in [5, 5.41) is 2.93. The quantitative estimate of drug-likeness (QED) is 0.466. The lowest BCUT2D eigenvalue weighted by molar-refractivity contribution is 0.102. The van der Waals surface area contributed by atoms with E-state index in [1.807, 2.05) is 37.3 Å². The van der Waals surface area contributed by atoms with Crippen molar-refractivity contribution in [2.45, 2.75) is 19.8 Å². The van der Waals surface area contributed by atoms with Gasteiger partial charge < -0.3 is 19.8 Å². The maximum absolute atomic E-state index is 12.8. The Morgan fingerprint density at radius 1 is 1.22 bits per heavy atom. The van der Waals surface area contributed by atoms with Crippen LogP contribution in [0.1, 0.15) is 35.0 Å². The van der Waals surface area contributed by atoms with Gasteiger partial charge in [-0.15, -0.1) is 0 Å². The van der Waals surface area contributed by atoms with Crippen molar-refractivity contribution < 1.29 is 19.1 Å². The summed E-state index contributed by atoms with van der Waals surface area (Å²) >= 11 is 0. The first kappa shape index (κ1) is 19.0. The molecule has 2 aromatic rings. The summed E-state index contributed by atoms with van der Waals surface area (Å²) in [4.78, 5) is 21.0. The highest BCUT2D eigenvalue weighted by Crippen LogP contribution is 2.28. The lowest BCUT2D eigenvalue weighted by Gasteiger charge is -2.16. The molecule has 1 heterocycles. The maximum Gasteiger partial charge on any atom is 0.257 e. The van der Waals surface area contributed by atoms with Crippen molar-refractivity contribution in [3.05, 3.63) is 53.4 Å². The molecule has 3 N–H and O–H groups in total. The van der Waals surface area contributed by atoms with Gasteiger partial charge in [-0.05, 0) is 44.0 Å². The summed E-state index contributed by atoms with van der Waals surface area (Å²) in [5.41, 5.74) is 6.83. The third-order valence-electron chi connectivity index (χ3n) is 4.24. The van der Waals surface area contributed by atoms with Crippen molar-refractivity contribution in [2.24, 2.45) is 0 Å². The first-order chi connectivity index (χ1) is 13.2. The van der Waals surface area contributed by atoms with E-state index in [0.29, 0.717) is 31.1 Å². The van der Waals surface area contributed by atoms with Crippen LogP contribution in [0.25, 0.3) is 5.70 Å². The maximum atomic E-state index is 12.8. The molecule has 0 bridgehead atoms. The summed E-state index contributed by atoms with van der Waals surface area (Å²) < 4.78 is 10.8. The second kappa shape index (κ2) is 9.25. The van der Waals surface area contributed by atoms with Crippen LogP contribution in [0, 0.1) is 0 Å². The van der Waals surface area contributed by atoms with Gasteiger partial charge in [0, 0.05) is 29.7 Å². The Morgan fingerprint density at radius 2 is 2.04 bits per heavy atom. The van der Waals surface area contributed by atoms with Crippen LogP contribution in [0.15, 0.2) is 36.5 Å². The van der Waals surface area contributed by atoms with Crippen LogP contribution in [0.3, 0.4) is 0 Å². The van der Waals surface area contributed by atoms with Gasteiger partial charge in [-0.3, -0.25) is 15.1 Å². The highest BCUT2D eigenvalue weighted by Gasteiger charge is 2.23. The molecule has 0 aliphatic heterocycles. The molecule has 1 aliphatic rings. The number of aromatic amines is 1. The molecule has 1 aromatic carbocycles. The van der Waals surface area contributed by atoms with Crippen LogP contribution in [0.4, 0.5) is 5.69 Å². The van der Waals surface area contributed by atoms with Crippen LogP contribution >= 0.6 is 0 Å². The fourth-order valence-electron chi connectivity index (χ4n) is 3.01. The van der Waals surface area contributed by atoms with Gasteiger partial charge in [0.05, 0.1) is 25.0 Å². The molecule has 7 heteroatoms. The number of hydroxylamine groups is 1. The average molecular weight is 371 g/mol. The number of amides is 1. The van der Waals surface area contributed by atoms with E-state index in [1.165, 1.54) is 0 Å². The topological polar surface area (TPSA) is 84.6 Å². The van der Waals surface area contributed by atoms with Gasteiger partial charge in [0.2, 0.25) is 0 Å². The number of aromatic nitrogens is 1. The number of fused-ring (bicyclic) bond motifs is 1. The second-order valence-electron chi connectivity index (χ2n) is 6.04. The fraction of sp³-hybridized carbons (Fsp3) is 0.350. The SMILES string of the molecule is CCOCCOc1ccc(NC(=O)c2c[nH]c3c2C(NOC)=CCC3)cc1. The summed E-state index contributed by atoms with van der Waals surface area (Å²) in [6.45, 7) is 3.67. The molecule has 0 atom stereocenters. The summed E-state index contributed by atoms with van der Waals surface area (Å²) in [5.74, 6) is 0.560. The van der Waals surface area contributed by atoms with Crippen LogP contribution in [0.2, 0.25) is 0 Å². The first-order valence-corrected chi connectivity index (χ1v) is 9.04. The van der Waals surface area contributed by atoms with Gasteiger partial charge in [0.15, 0.2) is 0 Å². The third kappa shape index (κ3) is 4.69. The van der Waals surface area contributed by atoms with E-state index in [1.54, 1.807) is 13.3 Å². The van der Waals surface area contributed by atoms with E-state index in [4.69, 9.17) is 14.3 Å². The van der Waals surface area contributed by atoms with E-state index < -0.39 is 0 Å². The second-order valence-corrected chi connectivity index (χ2v) is 6.04. The number of hydrogen-bond donors (Lipinski definition) is 3. The monoisotopic (exact) mass is 371 g/mol. The molecule has 1 aliphatic carbocycles. The Kier molecular flexibility index (Phi) is 6.51. The van der Waals surface area contributed by atoms with Crippen LogP contribution in [-0.2, 0) is 16.0 Å². The highest BCUT2D eigenvalue weighted by atomic mass is 16.6. The number of rotatable bonds is 9. The molecule has 7 nitrogen and oxygen atoms in total. The minimum absolute atomic E-state index is 0.178. The number of benzene rings is 1. The molecule has 144 valence electrons. The molecule has 3 rings (SSSR count). The molecule has 0 saturated heterocycles. The Labute approximate surface area is 158 Å². The molecule has 27 heavy (non-hydrogen) atoms. The van der Waals surface area contributed by atoms with E-state index in [0.717, 1.165) is 35.5 Å². The molecule has 0 fully saturated rings. The fourth-order valence-corrected chi connectivity index (χ4v) is 3.01. The molecule has 1 amide bonds. The first-order valence-electron chi connectivity index (χ1n) is 9.04. The Morgan fingerprint density at radius 3 is 2.78 bits per heavy atom. The summed E-state index contributed by atoms with van der Waals surface area (Å²) in [6, 6.07) is 7.28. The molecule has 0 saturated carbocycles. The number of hydrogen-bond acceptors (Lipinski definition) is 5. The van der Waals surface area contributed by atoms with Crippen molar-refractivity contribution in [1.82, 2.24) is 10.5 Å². The van der Waals surface area contributed by atoms with Crippen molar-refractivity contribution in [1.29, 1.82) is 0 Å². The van der Waals surface area contributed by atoms with Crippen LogP contribution in [-0.4, -0.2) is 37.8 Å². The van der Waals surface area contributed by atoms with Gasteiger partial charge in [-0.25, -0.2) is 0 Å². The van der Waals surface area contributed by atoms with Gasteiger partial charge in [0.25, 0.3) is 5.91 Å². The largest absolute Gasteiger partial charge is 0.491 e. The van der Waals surface area contributed by atoms with E-state index in [9.17, 15) is 4.79 Å². The van der Waals surface area contributed by atoms with Crippen LogP contribution < -0.4 is 15.5 Å². The van der Waals surface area contributed by atoms with Crippen LogP contribution in [0.5, 0.6) is 5.75 Å². The van der Waals surface area contributed by atoms with E-state index in [2.05, 4.69) is 15.8 Å². The molecule has 0 spiro atoms. The van der Waals surface area contributed by atoms with Crippen molar-refractivity contribution in [3.8, 4) is 5.75 Å². The number of allylic oxidation sites excluding steroid dienone is 1. The minimum Gasteiger partial charge on any atom is -0.491 e. The van der Waals surface area contributed by atoms with Gasteiger partial charge in [-0.2, -0.15) is 0 Å². The molecular formula is C20H25N3O4. The van der Waals surface area contributed by atoms with Gasteiger partial charge in [-0.1, -0.05) is 6.08 Å². The zero-order chi connectivity index (χ0) is 19.1. The molecule has 0 unspecified atom stereocenters. The number of H-pyrrole nitrogens is 1. The zero-order valence-corrected chi connectivity index (χ0v) is 15.6. The van der Waals surface area contributed by atoms with Crippen molar-refractivity contribution >= 4 is 17.3 Å². The predicted octanol–water partition coefficient (Wildman–Crippen LogP) is 3.12. The number of anilines is 1. The Hall–Kier alpha value is -2.77. The lowest BCUT2D eigenvalue weighted by Crippen LogP contribution is -2.18. The smallest absolute Gasteiger partial charge is 0.257 e. The standard InChI is InChI=1S/C20H25N3O4/c1-3-26-11-12-27-15-9-7-14(8-10-15)22-20(24)16-13-21-17-5-4-6-18(19(16)17)23-25-2/h6-10,13,21,23H,3-5,11-12H2,1-2H3,(H,22,24). The third-order valence-corrected chi connectivity index (χ3v) is 4.24.